The van der Waals surface area contributed by atoms with Crippen molar-refractivity contribution in [2.24, 2.45) is 11.7 Å². The highest BCUT2D eigenvalue weighted by Gasteiger charge is 2.60. The molecule has 0 aromatic heterocycles. The first-order valence-corrected chi connectivity index (χ1v) is 8.81. The Balaban J connectivity index is 3.00. The summed E-state index contributed by atoms with van der Waals surface area (Å²) in [5, 5.41) is 6.44. The second-order valence-corrected chi connectivity index (χ2v) is 8.78. The summed E-state index contributed by atoms with van der Waals surface area (Å²) in [5.41, 5.74) is 5.76. The molecule has 108 valence electrons. The van der Waals surface area contributed by atoms with Gasteiger partial charge in [-0.25, -0.2) is 0 Å². The molecule has 0 saturated heterocycles. The summed E-state index contributed by atoms with van der Waals surface area (Å²) in [7, 11) is -10.7. The largest absolute Gasteiger partial charge is 0.369 e. The molecule has 1 fully saturated rings. The van der Waals surface area contributed by atoms with Crippen LogP contribution in [0.25, 0.3) is 0 Å². The third-order valence-electron chi connectivity index (χ3n) is 3.44. The smallest absolute Gasteiger partial charge is 0.368 e. The molecular formula is C8H19NO7P2. The highest BCUT2D eigenvalue weighted by atomic mass is 31.2. The Kier molecular flexibility index (Phi) is 4.80. The SMILES string of the molecule is NC1CCCCC1CC(O)(P(=O)(O)O)P(=O)(O)O. The summed E-state index contributed by atoms with van der Waals surface area (Å²) in [5.74, 6) is -0.510. The quantitative estimate of drug-likeness (QED) is 0.392. The molecule has 1 aliphatic carbocycles. The predicted molar refractivity (Wildman–Crippen MR) is 63.6 cm³/mol. The van der Waals surface area contributed by atoms with E-state index in [1.54, 1.807) is 0 Å². The minimum Gasteiger partial charge on any atom is -0.368 e. The van der Waals surface area contributed by atoms with Gasteiger partial charge in [-0.05, 0) is 18.8 Å². The predicted octanol–water partition coefficient (Wildman–Crippen LogP) is -0.105. The van der Waals surface area contributed by atoms with Crippen LogP contribution in [0, 0.1) is 5.92 Å². The molecular weight excluding hydrogens is 284 g/mol. The van der Waals surface area contributed by atoms with E-state index in [-0.39, 0.29) is 0 Å². The van der Waals surface area contributed by atoms with E-state index in [1.165, 1.54) is 0 Å². The molecule has 0 aromatic rings. The van der Waals surface area contributed by atoms with E-state index in [1.807, 2.05) is 0 Å². The van der Waals surface area contributed by atoms with Crippen LogP contribution in [0.5, 0.6) is 0 Å². The highest BCUT2D eigenvalue weighted by Crippen LogP contribution is 2.70. The number of nitrogens with two attached hydrogens (primary N) is 1. The lowest BCUT2D eigenvalue weighted by Crippen LogP contribution is -2.40. The summed E-state index contributed by atoms with van der Waals surface area (Å²) in [4.78, 5) is 36.1. The van der Waals surface area contributed by atoms with Gasteiger partial charge in [0.05, 0.1) is 0 Å². The fourth-order valence-electron chi connectivity index (χ4n) is 2.25. The van der Waals surface area contributed by atoms with E-state index in [0.29, 0.717) is 12.8 Å². The van der Waals surface area contributed by atoms with Crippen LogP contribution in [-0.2, 0) is 9.13 Å². The third-order valence-corrected chi connectivity index (χ3v) is 7.23. The molecule has 0 spiro atoms. The van der Waals surface area contributed by atoms with E-state index in [0.717, 1.165) is 12.8 Å². The summed E-state index contributed by atoms with van der Waals surface area (Å²) in [6.07, 6.45) is 2.04. The number of hydrogen-bond acceptors (Lipinski definition) is 4. The monoisotopic (exact) mass is 303 g/mol. The molecule has 1 rings (SSSR count). The molecule has 0 bridgehead atoms. The Bertz CT molecular complexity index is 367. The molecule has 7 N–H and O–H groups in total. The van der Waals surface area contributed by atoms with Gasteiger partial charge < -0.3 is 30.4 Å². The average Bonchev–Trinajstić information content (AvgIpc) is 2.18. The van der Waals surface area contributed by atoms with E-state index in [2.05, 4.69) is 0 Å². The molecule has 0 heterocycles. The standard InChI is InChI=1S/C8H19NO7P2/c9-7-4-2-1-3-6(7)5-8(10,17(11,12)13)18(14,15)16/h6-7,10H,1-5,9H2,(H2,11,12,13)(H2,14,15,16). The molecule has 0 aliphatic heterocycles. The molecule has 2 unspecified atom stereocenters. The molecule has 0 radical (unpaired) electrons. The molecule has 18 heavy (non-hydrogen) atoms. The van der Waals surface area contributed by atoms with Gasteiger partial charge in [-0.15, -0.1) is 0 Å². The van der Waals surface area contributed by atoms with Crippen LogP contribution >= 0.6 is 15.2 Å². The average molecular weight is 303 g/mol. The first-order chi connectivity index (χ1) is 7.99. The van der Waals surface area contributed by atoms with Crippen LogP contribution in [0.1, 0.15) is 32.1 Å². The van der Waals surface area contributed by atoms with Crippen molar-refractivity contribution in [1.82, 2.24) is 0 Å². The topological polar surface area (TPSA) is 161 Å². The van der Waals surface area contributed by atoms with Crippen molar-refractivity contribution < 1.29 is 33.8 Å². The Morgan fingerprint density at radius 1 is 1.06 bits per heavy atom. The first kappa shape index (κ1) is 16.3. The second-order valence-electron chi connectivity index (χ2n) is 4.77. The Hall–Kier alpha value is 0.220. The van der Waals surface area contributed by atoms with E-state index < -0.39 is 38.7 Å². The number of aliphatic hydroxyl groups is 1. The van der Waals surface area contributed by atoms with Crippen molar-refractivity contribution >= 4 is 15.2 Å². The van der Waals surface area contributed by atoms with E-state index in [4.69, 9.17) is 25.3 Å². The van der Waals surface area contributed by atoms with Crippen molar-refractivity contribution in [1.29, 1.82) is 0 Å². The van der Waals surface area contributed by atoms with Gasteiger partial charge in [0.15, 0.2) is 0 Å². The highest BCUT2D eigenvalue weighted by molar-refractivity contribution is 7.72. The normalized spacial score (nSPS) is 27.2. The van der Waals surface area contributed by atoms with Crippen molar-refractivity contribution in [3.05, 3.63) is 0 Å². The van der Waals surface area contributed by atoms with Crippen LogP contribution in [0.3, 0.4) is 0 Å². The van der Waals surface area contributed by atoms with E-state index >= 15 is 0 Å². The van der Waals surface area contributed by atoms with Gasteiger partial charge in [-0.3, -0.25) is 9.13 Å². The Morgan fingerprint density at radius 3 is 1.89 bits per heavy atom. The zero-order chi connectivity index (χ0) is 14.2. The molecule has 0 aromatic carbocycles. The van der Waals surface area contributed by atoms with Crippen LogP contribution in [0.15, 0.2) is 0 Å². The lowest BCUT2D eigenvalue weighted by Gasteiger charge is -2.36. The second kappa shape index (κ2) is 5.31. The fraction of sp³-hybridized carbons (Fsp3) is 1.00. The maximum Gasteiger partial charge on any atom is 0.369 e. The van der Waals surface area contributed by atoms with Crippen LogP contribution < -0.4 is 5.73 Å². The van der Waals surface area contributed by atoms with Gasteiger partial charge in [0.2, 0.25) is 0 Å². The van der Waals surface area contributed by atoms with Crippen molar-refractivity contribution in [3.8, 4) is 0 Å². The minimum atomic E-state index is -5.37. The van der Waals surface area contributed by atoms with Gasteiger partial charge in [-0.1, -0.05) is 12.8 Å². The summed E-state index contributed by atoms with van der Waals surface area (Å²) < 4.78 is 22.4. The van der Waals surface area contributed by atoms with Crippen molar-refractivity contribution in [3.63, 3.8) is 0 Å². The fourth-order valence-corrected chi connectivity index (χ4v) is 4.55. The molecule has 1 aliphatic rings. The van der Waals surface area contributed by atoms with Gasteiger partial charge in [-0.2, -0.15) is 0 Å². The van der Waals surface area contributed by atoms with Crippen molar-refractivity contribution in [2.75, 3.05) is 0 Å². The molecule has 8 nitrogen and oxygen atoms in total. The van der Waals surface area contributed by atoms with Gasteiger partial charge in [0, 0.05) is 12.5 Å². The summed E-state index contributed by atoms with van der Waals surface area (Å²) >= 11 is 0. The maximum absolute atomic E-state index is 11.2. The zero-order valence-electron chi connectivity index (χ0n) is 9.71. The van der Waals surface area contributed by atoms with Crippen LogP contribution in [-0.4, -0.2) is 35.8 Å². The van der Waals surface area contributed by atoms with Gasteiger partial charge in [0.25, 0.3) is 5.08 Å². The minimum absolute atomic E-state index is 0.414. The van der Waals surface area contributed by atoms with E-state index in [9.17, 15) is 14.2 Å². The van der Waals surface area contributed by atoms with Gasteiger partial charge in [0.1, 0.15) is 0 Å². The van der Waals surface area contributed by atoms with Gasteiger partial charge >= 0.3 is 15.2 Å². The number of rotatable bonds is 4. The molecule has 1 saturated carbocycles. The Labute approximate surface area is 105 Å². The summed E-state index contributed by atoms with van der Waals surface area (Å²) in [6, 6.07) is -0.414. The lowest BCUT2D eigenvalue weighted by atomic mass is 9.83. The van der Waals surface area contributed by atoms with Crippen LogP contribution in [0.2, 0.25) is 0 Å². The van der Waals surface area contributed by atoms with Crippen molar-refractivity contribution in [2.45, 2.75) is 43.2 Å². The zero-order valence-corrected chi connectivity index (χ0v) is 11.5. The molecule has 10 heteroatoms. The van der Waals surface area contributed by atoms with Crippen LogP contribution in [0.4, 0.5) is 0 Å². The molecule has 2 atom stereocenters. The first-order valence-electron chi connectivity index (χ1n) is 5.58. The number of hydrogen-bond donors (Lipinski definition) is 6. The third kappa shape index (κ3) is 3.21. The lowest BCUT2D eigenvalue weighted by molar-refractivity contribution is 0.0936. The molecule has 0 amide bonds. The summed E-state index contributed by atoms with van der Waals surface area (Å²) in [6.45, 7) is 0. The Morgan fingerprint density at radius 2 is 1.50 bits per heavy atom. The maximum atomic E-state index is 11.2.